The maximum absolute atomic E-state index is 12.7. The second-order valence-corrected chi connectivity index (χ2v) is 20.9. The van der Waals surface area contributed by atoms with Crippen molar-refractivity contribution >= 4 is 40.6 Å². The summed E-state index contributed by atoms with van der Waals surface area (Å²) in [5, 5.41) is 11.7. The summed E-state index contributed by atoms with van der Waals surface area (Å²) in [6, 6.07) is 0. The number of nitrogens with one attached hydrogen (secondary N) is 1. The molecule has 4 heterocycles. The highest BCUT2D eigenvalue weighted by Crippen LogP contribution is 2.48. The molecule has 4 atom stereocenters. The molecule has 39 heavy (non-hydrogen) atoms. The van der Waals surface area contributed by atoms with E-state index in [-0.39, 0.29) is 45.9 Å². The van der Waals surface area contributed by atoms with Crippen molar-refractivity contribution in [2.75, 3.05) is 20.7 Å². The maximum atomic E-state index is 12.7. The molecule has 2 aliphatic rings. The van der Waals surface area contributed by atoms with Gasteiger partial charge in [-0.15, -0.1) is 0 Å². The number of hydrogen-bond donors (Lipinski definition) is 2. The Morgan fingerprint density at radius 3 is 2.28 bits per heavy atom. The second kappa shape index (κ2) is 11.1. The van der Waals surface area contributed by atoms with Gasteiger partial charge in [-0.2, -0.15) is 4.98 Å². The fourth-order valence-electron chi connectivity index (χ4n) is 5.70. The van der Waals surface area contributed by atoms with Crippen LogP contribution in [0.25, 0.3) is 11.2 Å². The summed E-state index contributed by atoms with van der Waals surface area (Å²) in [6.45, 7) is 17.4. The molecule has 14 heteroatoms. The van der Waals surface area contributed by atoms with Crippen LogP contribution in [-0.2, 0) is 17.7 Å². The summed E-state index contributed by atoms with van der Waals surface area (Å²) < 4.78 is 29.0. The van der Waals surface area contributed by atoms with Crippen LogP contribution in [0.4, 0.5) is 5.95 Å². The van der Waals surface area contributed by atoms with Crippen molar-refractivity contribution in [3.8, 4) is 0 Å². The molecule has 4 rings (SSSR count). The quantitative estimate of drug-likeness (QED) is 0.286. The smallest absolute Gasteiger partial charge is 0.335 e. The molecule has 12 nitrogen and oxygen atoms in total. The van der Waals surface area contributed by atoms with Gasteiger partial charge >= 0.3 is 17.1 Å². The molecule has 0 saturated carbocycles. The molecule has 0 unspecified atom stereocenters. The molecule has 0 radical (unpaired) electrons. The molecule has 0 bridgehead atoms. The van der Waals surface area contributed by atoms with Gasteiger partial charge < -0.3 is 27.7 Å². The number of aliphatic hydroxyl groups is 1. The van der Waals surface area contributed by atoms with Gasteiger partial charge in [-0.05, 0) is 22.2 Å². The summed E-state index contributed by atoms with van der Waals surface area (Å²) >= 11 is 0. The van der Waals surface area contributed by atoms with E-state index in [4.69, 9.17) is 17.7 Å². The second-order valence-electron chi connectivity index (χ2n) is 12.0. The molecule has 2 aromatic rings. The number of aliphatic hydroxyl groups excluding tert-OH is 1. The monoisotopic (exact) mass is 580 g/mol. The van der Waals surface area contributed by atoms with Crippen LogP contribution in [-0.4, -0.2) is 92.0 Å². The number of aromatic amines is 1. The van der Waals surface area contributed by atoms with E-state index >= 15 is 0 Å². The maximum Gasteiger partial charge on any atom is 0.335 e. The third kappa shape index (κ3) is 5.27. The first-order valence-electron chi connectivity index (χ1n) is 13.8. The SMILES string of the molecule is CC(C)[Si]1(C(C)C)OC[C@H]2O[C@@H](n3cnc4c(=O)[nH]c(/N=C/N(C)C)nc43)[C@H](O)[C@@H]2O[Si](C(C)C)(C(C)C)O1. The number of nitrogens with zero attached hydrogens (tertiary/aromatic N) is 5. The van der Waals surface area contributed by atoms with E-state index in [1.54, 1.807) is 15.8 Å². The molecule has 2 saturated heterocycles. The van der Waals surface area contributed by atoms with E-state index in [1.807, 2.05) is 14.1 Å². The lowest BCUT2D eigenvalue weighted by Crippen LogP contribution is -2.65. The molecular formula is C25H44N6O6Si2. The van der Waals surface area contributed by atoms with Crippen LogP contribution < -0.4 is 5.56 Å². The van der Waals surface area contributed by atoms with Crippen LogP contribution in [0.3, 0.4) is 0 Å². The predicted molar refractivity (Wildman–Crippen MR) is 154 cm³/mol. The van der Waals surface area contributed by atoms with Gasteiger partial charge in [-0.1, -0.05) is 55.4 Å². The van der Waals surface area contributed by atoms with E-state index in [1.165, 1.54) is 6.33 Å². The third-order valence-corrected chi connectivity index (χ3v) is 18.0. The Hall–Kier alpha value is -1.95. The van der Waals surface area contributed by atoms with E-state index in [0.29, 0.717) is 0 Å². The minimum atomic E-state index is -2.94. The highest BCUT2D eigenvalue weighted by atomic mass is 28.5. The van der Waals surface area contributed by atoms with Crippen molar-refractivity contribution in [2.24, 2.45) is 4.99 Å². The fraction of sp³-hybridized carbons (Fsp3) is 0.760. The fourth-order valence-corrected chi connectivity index (χ4v) is 16.9. The van der Waals surface area contributed by atoms with E-state index in [9.17, 15) is 9.90 Å². The van der Waals surface area contributed by atoms with Crippen molar-refractivity contribution in [1.29, 1.82) is 0 Å². The molecule has 0 aliphatic carbocycles. The van der Waals surface area contributed by atoms with Crippen molar-refractivity contribution in [3.05, 3.63) is 16.7 Å². The van der Waals surface area contributed by atoms with Gasteiger partial charge in [0, 0.05) is 14.1 Å². The standard InChI is InChI=1S/C25H44N6O6Si2/c1-14(2)38(15(3)4)34-11-18-21(36-39(37-38,16(5)6)17(7)8)20(32)24(35-18)31-13-26-19-22(31)28-25(29-23(19)33)27-12-30(9)10/h12-18,20-21,24,32H,11H2,1-10H3,(H,28,29,33)/b27-12+/t18-,20-,21-,24-/m1/s1. The number of aliphatic imine (C=N–C) groups is 1. The van der Waals surface area contributed by atoms with Gasteiger partial charge in [-0.3, -0.25) is 14.3 Å². The number of aromatic nitrogens is 4. The summed E-state index contributed by atoms with van der Waals surface area (Å²) in [7, 11) is -2.05. The molecule has 0 spiro atoms. The average Bonchev–Trinajstić information content (AvgIpc) is 3.38. The van der Waals surface area contributed by atoms with E-state index in [0.717, 1.165) is 0 Å². The minimum absolute atomic E-state index is 0.113. The molecule has 2 aromatic heterocycles. The Bertz CT molecular complexity index is 1230. The average molecular weight is 581 g/mol. The van der Waals surface area contributed by atoms with Crippen LogP contribution in [0.5, 0.6) is 0 Å². The summed E-state index contributed by atoms with van der Waals surface area (Å²) in [5.41, 5.74) is 0.594. The number of imidazole rings is 1. The van der Waals surface area contributed by atoms with Crippen LogP contribution in [0.1, 0.15) is 61.6 Å². The Kier molecular flexibility index (Phi) is 8.58. The molecule has 2 fully saturated rings. The lowest BCUT2D eigenvalue weighted by atomic mass is 10.1. The first-order valence-corrected chi connectivity index (χ1v) is 17.7. The number of fused-ring (bicyclic) bond motifs is 2. The molecule has 2 N–H and O–H groups in total. The zero-order valence-electron chi connectivity index (χ0n) is 24.7. The van der Waals surface area contributed by atoms with Gasteiger partial charge in [0.2, 0.25) is 5.95 Å². The summed E-state index contributed by atoms with van der Waals surface area (Å²) in [6.07, 6.45) is -0.150. The van der Waals surface area contributed by atoms with Gasteiger partial charge in [0.25, 0.3) is 5.56 Å². The Morgan fingerprint density at radius 1 is 1.10 bits per heavy atom. The number of rotatable bonds is 7. The van der Waals surface area contributed by atoms with Gasteiger partial charge in [0.1, 0.15) is 18.3 Å². The highest BCUT2D eigenvalue weighted by molar-refractivity contribution is 6.84. The Balaban J connectivity index is 1.78. The lowest BCUT2D eigenvalue weighted by molar-refractivity contribution is -0.0570. The molecule has 218 valence electrons. The molecular weight excluding hydrogens is 536 g/mol. The first-order chi connectivity index (χ1) is 18.2. The van der Waals surface area contributed by atoms with Gasteiger partial charge in [0.15, 0.2) is 17.4 Å². The molecule has 0 amide bonds. The summed E-state index contributed by atoms with van der Waals surface area (Å²) in [4.78, 5) is 30.1. The highest BCUT2D eigenvalue weighted by Gasteiger charge is 2.61. The van der Waals surface area contributed by atoms with Crippen molar-refractivity contribution in [3.63, 3.8) is 0 Å². The van der Waals surface area contributed by atoms with Crippen LogP contribution >= 0.6 is 0 Å². The zero-order chi connectivity index (χ0) is 28.9. The Labute approximate surface area is 232 Å². The lowest BCUT2D eigenvalue weighted by Gasteiger charge is -2.51. The van der Waals surface area contributed by atoms with Gasteiger partial charge in [0.05, 0.1) is 19.3 Å². The number of hydrogen-bond acceptors (Lipinski definition) is 9. The van der Waals surface area contributed by atoms with Gasteiger partial charge in [-0.25, -0.2) is 9.98 Å². The van der Waals surface area contributed by atoms with E-state index < -0.39 is 47.2 Å². The van der Waals surface area contributed by atoms with Crippen LogP contribution in [0, 0.1) is 0 Å². The topological polar surface area (TPSA) is 136 Å². The number of H-pyrrole nitrogens is 1. The number of ether oxygens (including phenoxy) is 1. The Morgan fingerprint density at radius 2 is 1.72 bits per heavy atom. The van der Waals surface area contributed by atoms with Crippen molar-refractivity contribution in [1.82, 2.24) is 24.4 Å². The third-order valence-electron chi connectivity index (χ3n) is 7.75. The summed E-state index contributed by atoms with van der Waals surface area (Å²) in [5.74, 6) is 0.130. The first kappa shape index (κ1) is 30.0. The molecule has 0 aromatic carbocycles. The van der Waals surface area contributed by atoms with E-state index in [2.05, 4.69) is 75.3 Å². The molecule has 2 aliphatic heterocycles. The van der Waals surface area contributed by atoms with Crippen LogP contribution in [0.15, 0.2) is 16.1 Å². The normalized spacial score (nSPS) is 27.2. The van der Waals surface area contributed by atoms with Crippen molar-refractivity contribution in [2.45, 2.75) is 102 Å². The van der Waals surface area contributed by atoms with Crippen molar-refractivity contribution < 1.29 is 22.8 Å². The van der Waals surface area contributed by atoms with Crippen LogP contribution in [0.2, 0.25) is 22.2 Å². The zero-order valence-corrected chi connectivity index (χ0v) is 26.7. The predicted octanol–water partition coefficient (Wildman–Crippen LogP) is 3.56. The minimum Gasteiger partial charge on any atom is -0.414 e. The largest absolute Gasteiger partial charge is 0.414 e.